The number of Topliss-reactive ketones (excluding diaryl/α,β-unsaturated/α-hetero) is 1. The van der Waals surface area contributed by atoms with E-state index < -0.39 is 17.2 Å². The average Bonchev–Trinajstić information content (AvgIpc) is 2.70. The van der Waals surface area contributed by atoms with E-state index in [9.17, 15) is 9.59 Å². The molecule has 1 fully saturated rings. The number of carbonyl (C=O) groups excluding carboxylic acids is 2. The first kappa shape index (κ1) is 14.6. The molecule has 0 spiro atoms. The van der Waals surface area contributed by atoms with Crippen LogP contribution in [0.15, 0.2) is 0 Å². The molecule has 0 aromatic heterocycles. The molecule has 4 heteroatoms. The standard InChI is InChI=1S/C14H21NO3/c1-6-11(16)14(7-2)9-8-10-15(14)12(17)18-13(3,4)5/h1H,7-10H2,2-5H3. The number of ketones is 1. The molecular formula is C14H21NO3. The maximum Gasteiger partial charge on any atom is 0.411 e. The fourth-order valence-electron chi connectivity index (χ4n) is 2.36. The van der Waals surface area contributed by atoms with Gasteiger partial charge in [0.05, 0.1) is 0 Å². The minimum atomic E-state index is -0.864. The lowest BCUT2D eigenvalue weighted by molar-refractivity contribution is -0.124. The number of nitrogens with zero attached hydrogens (tertiary/aromatic N) is 1. The summed E-state index contributed by atoms with van der Waals surface area (Å²) in [5.74, 6) is 1.83. The number of hydrogen-bond donors (Lipinski definition) is 0. The van der Waals surface area contributed by atoms with Crippen molar-refractivity contribution in [2.45, 2.75) is 58.1 Å². The Morgan fingerprint density at radius 1 is 1.44 bits per heavy atom. The van der Waals surface area contributed by atoms with Gasteiger partial charge in [-0.2, -0.15) is 0 Å². The zero-order chi connectivity index (χ0) is 14.0. The molecular weight excluding hydrogens is 230 g/mol. The van der Waals surface area contributed by atoms with E-state index >= 15 is 0 Å². The van der Waals surface area contributed by atoms with Crippen LogP contribution in [-0.2, 0) is 9.53 Å². The maximum atomic E-state index is 12.1. The quantitative estimate of drug-likeness (QED) is 0.559. The predicted octanol–water partition coefficient (Wildman–Crippen LogP) is 2.37. The van der Waals surface area contributed by atoms with E-state index in [0.29, 0.717) is 19.4 Å². The van der Waals surface area contributed by atoms with Crippen molar-refractivity contribution >= 4 is 11.9 Å². The molecule has 0 aromatic carbocycles. The van der Waals surface area contributed by atoms with Gasteiger partial charge in [0.2, 0.25) is 5.78 Å². The Balaban J connectivity index is 2.97. The number of carbonyl (C=O) groups is 2. The summed E-state index contributed by atoms with van der Waals surface area (Å²) in [7, 11) is 0. The largest absolute Gasteiger partial charge is 0.444 e. The molecule has 0 bridgehead atoms. The van der Waals surface area contributed by atoms with Crippen LogP contribution < -0.4 is 0 Å². The van der Waals surface area contributed by atoms with Gasteiger partial charge in [0.15, 0.2) is 0 Å². The lowest BCUT2D eigenvalue weighted by Crippen LogP contribution is -2.53. The molecule has 100 valence electrons. The Morgan fingerprint density at radius 3 is 2.50 bits per heavy atom. The van der Waals surface area contributed by atoms with Crippen molar-refractivity contribution in [1.29, 1.82) is 0 Å². The fourth-order valence-corrected chi connectivity index (χ4v) is 2.36. The summed E-state index contributed by atoms with van der Waals surface area (Å²) in [5.41, 5.74) is -1.44. The minimum Gasteiger partial charge on any atom is -0.444 e. The number of terminal acetylenes is 1. The molecule has 1 rings (SSSR count). The molecule has 1 aliphatic rings. The Bertz CT molecular complexity index is 389. The summed E-state index contributed by atoms with van der Waals surface area (Å²) in [6, 6.07) is 0. The number of ether oxygens (including phenoxy) is 1. The van der Waals surface area contributed by atoms with Crippen LogP contribution in [0.4, 0.5) is 4.79 Å². The fraction of sp³-hybridized carbons (Fsp3) is 0.714. The van der Waals surface area contributed by atoms with E-state index in [1.165, 1.54) is 4.90 Å². The summed E-state index contributed by atoms with van der Waals surface area (Å²) in [4.78, 5) is 25.6. The van der Waals surface area contributed by atoms with Crippen LogP contribution in [0.2, 0.25) is 0 Å². The van der Waals surface area contributed by atoms with Crippen molar-refractivity contribution in [2.24, 2.45) is 0 Å². The number of rotatable bonds is 2. The predicted molar refractivity (Wildman–Crippen MR) is 69.0 cm³/mol. The van der Waals surface area contributed by atoms with Crippen molar-refractivity contribution < 1.29 is 14.3 Å². The highest BCUT2D eigenvalue weighted by Gasteiger charge is 2.48. The van der Waals surface area contributed by atoms with Crippen molar-refractivity contribution in [2.75, 3.05) is 6.54 Å². The molecule has 0 N–H and O–H groups in total. The first-order valence-corrected chi connectivity index (χ1v) is 6.28. The summed E-state index contributed by atoms with van der Waals surface area (Å²) in [5, 5.41) is 0. The minimum absolute atomic E-state index is 0.326. The van der Waals surface area contributed by atoms with Crippen molar-refractivity contribution in [3.63, 3.8) is 0 Å². The number of amides is 1. The third kappa shape index (κ3) is 2.66. The van der Waals surface area contributed by atoms with E-state index in [-0.39, 0.29) is 5.78 Å². The third-order valence-corrected chi connectivity index (χ3v) is 3.24. The van der Waals surface area contributed by atoms with Gasteiger partial charge >= 0.3 is 6.09 Å². The monoisotopic (exact) mass is 251 g/mol. The van der Waals surface area contributed by atoms with Crippen LogP contribution in [0.25, 0.3) is 0 Å². The molecule has 1 atom stereocenters. The van der Waals surface area contributed by atoms with Gasteiger partial charge in [-0.15, -0.1) is 6.42 Å². The highest BCUT2D eigenvalue weighted by molar-refractivity contribution is 6.04. The molecule has 1 heterocycles. The van der Waals surface area contributed by atoms with E-state index in [0.717, 1.165) is 6.42 Å². The number of hydrogen-bond acceptors (Lipinski definition) is 3. The van der Waals surface area contributed by atoms with E-state index in [1.807, 2.05) is 6.92 Å². The molecule has 0 aliphatic carbocycles. The molecule has 1 unspecified atom stereocenters. The van der Waals surface area contributed by atoms with Gasteiger partial charge in [0.25, 0.3) is 0 Å². The van der Waals surface area contributed by atoms with Gasteiger partial charge in [-0.25, -0.2) is 4.79 Å². The third-order valence-electron chi connectivity index (χ3n) is 3.24. The second kappa shape index (κ2) is 5.01. The van der Waals surface area contributed by atoms with E-state index in [1.54, 1.807) is 20.8 Å². The van der Waals surface area contributed by atoms with Crippen LogP contribution in [0.5, 0.6) is 0 Å². The molecule has 18 heavy (non-hydrogen) atoms. The average molecular weight is 251 g/mol. The Hall–Kier alpha value is -1.50. The van der Waals surface area contributed by atoms with Gasteiger partial charge in [0, 0.05) is 6.54 Å². The summed E-state index contributed by atoms with van der Waals surface area (Å²) < 4.78 is 5.34. The molecule has 0 radical (unpaired) electrons. The van der Waals surface area contributed by atoms with Gasteiger partial charge in [-0.1, -0.05) is 6.92 Å². The van der Waals surface area contributed by atoms with Gasteiger partial charge in [-0.05, 0) is 46.0 Å². The van der Waals surface area contributed by atoms with Crippen LogP contribution in [0.3, 0.4) is 0 Å². The highest BCUT2D eigenvalue weighted by Crippen LogP contribution is 2.34. The summed E-state index contributed by atoms with van der Waals surface area (Å²) >= 11 is 0. The molecule has 0 aromatic rings. The Labute approximate surface area is 109 Å². The normalized spacial score (nSPS) is 23.6. The van der Waals surface area contributed by atoms with Crippen LogP contribution >= 0.6 is 0 Å². The lowest BCUT2D eigenvalue weighted by atomic mass is 9.88. The highest BCUT2D eigenvalue weighted by atomic mass is 16.6. The molecule has 1 saturated heterocycles. The summed E-state index contributed by atoms with van der Waals surface area (Å²) in [6.45, 7) is 7.81. The van der Waals surface area contributed by atoms with Crippen LogP contribution in [0.1, 0.15) is 47.0 Å². The molecule has 1 aliphatic heterocycles. The van der Waals surface area contributed by atoms with Crippen molar-refractivity contribution in [3.05, 3.63) is 0 Å². The first-order valence-electron chi connectivity index (χ1n) is 6.28. The smallest absolute Gasteiger partial charge is 0.411 e. The van der Waals surface area contributed by atoms with Crippen molar-refractivity contribution in [3.8, 4) is 12.3 Å². The Morgan fingerprint density at radius 2 is 2.06 bits per heavy atom. The SMILES string of the molecule is C#CC(=O)C1(CC)CCCN1C(=O)OC(C)(C)C. The van der Waals surface area contributed by atoms with Crippen LogP contribution in [0, 0.1) is 12.3 Å². The van der Waals surface area contributed by atoms with E-state index in [2.05, 4.69) is 5.92 Å². The zero-order valence-corrected chi connectivity index (χ0v) is 11.6. The molecule has 4 nitrogen and oxygen atoms in total. The molecule has 1 amide bonds. The first-order chi connectivity index (χ1) is 8.27. The summed E-state index contributed by atoms with van der Waals surface area (Å²) in [6.07, 6.45) is 6.69. The second-order valence-corrected chi connectivity index (χ2v) is 5.59. The van der Waals surface area contributed by atoms with Gasteiger partial charge < -0.3 is 4.74 Å². The van der Waals surface area contributed by atoms with Gasteiger partial charge in [0.1, 0.15) is 11.1 Å². The lowest BCUT2D eigenvalue weighted by Gasteiger charge is -2.35. The van der Waals surface area contributed by atoms with Crippen LogP contribution in [-0.4, -0.2) is 34.5 Å². The number of likely N-dealkylation sites (tertiary alicyclic amines) is 1. The molecule has 0 saturated carbocycles. The van der Waals surface area contributed by atoms with E-state index in [4.69, 9.17) is 11.2 Å². The zero-order valence-electron chi connectivity index (χ0n) is 11.6. The Kier molecular flexibility index (Phi) is 4.05. The second-order valence-electron chi connectivity index (χ2n) is 5.59. The topological polar surface area (TPSA) is 46.6 Å². The maximum absolute atomic E-state index is 12.1. The van der Waals surface area contributed by atoms with Gasteiger partial charge in [-0.3, -0.25) is 9.69 Å². The van der Waals surface area contributed by atoms with Crippen molar-refractivity contribution in [1.82, 2.24) is 4.90 Å².